The number of anilines is 1. The van der Waals surface area contributed by atoms with E-state index >= 15 is 0 Å². The maximum absolute atomic E-state index is 11.8. The predicted molar refractivity (Wildman–Crippen MR) is 78.3 cm³/mol. The summed E-state index contributed by atoms with van der Waals surface area (Å²) < 4.78 is 1.85. The van der Waals surface area contributed by atoms with Gasteiger partial charge < -0.3 is 15.0 Å². The molecule has 0 aliphatic rings. The first-order valence-corrected chi connectivity index (χ1v) is 6.75. The molecular weight excluding hydrogens is 270 g/mol. The summed E-state index contributed by atoms with van der Waals surface area (Å²) in [4.78, 5) is 26.1. The lowest BCUT2D eigenvalue weighted by atomic mass is 10.2. The minimum atomic E-state index is -0.830. The molecule has 0 atom stereocenters. The second-order valence-electron chi connectivity index (χ2n) is 4.67. The van der Waals surface area contributed by atoms with Gasteiger partial charge in [-0.1, -0.05) is 6.07 Å². The molecule has 1 amide bonds. The Morgan fingerprint density at radius 2 is 2.05 bits per heavy atom. The predicted octanol–water partition coefficient (Wildman–Crippen LogP) is 2.46. The van der Waals surface area contributed by atoms with Crippen LogP contribution in [0.2, 0.25) is 0 Å². The Morgan fingerprint density at radius 1 is 1.24 bits per heavy atom. The summed E-state index contributed by atoms with van der Waals surface area (Å²) in [5, 5.41) is 11.3. The van der Waals surface area contributed by atoms with E-state index in [2.05, 4.69) is 10.3 Å². The summed E-state index contributed by atoms with van der Waals surface area (Å²) in [6.07, 6.45) is 6.70. The Bertz CT molecular complexity index is 608. The van der Waals surface area contributed by atoms with Crippen molar-refractivity contribution in [2.75, 3.05) is 5.32 Å². The first kappa shape index (κ1) is 14.8. The molecule has 0 radical (unpaired) electrons. The van der Waals surface area contributed by atoms with Crippen LogP contribution in [0.25, 0.3) is 5.69 Å². The number of unbranched alkanes of at least 4 members (excludes halogenated alkanes) is 1. The molecule has 0 saturated carbocycles. The van der Waals surface area contributed by atoms with Gasteiger partial charge in [-0.3, -0.25) is 9.59 Å². The minimum absolute atomic E-state index is 0.101. The molecule has 1 aromatic carbocycles. The van der Waals surface area contributed by atoms with Gasteiger partial charge in [-0.25, -0.2) is 4.98 Å². The van der Waals surface area contributed by atoms with E-state index in [9.17, 15) is 9.59 Å². The Morgan fingerprint density at radius 3 is 2.76 bits per heavy atom. The van der Waals surface area contributed by atoms with Crippen LogP contribution in [-0.2, 0) is 9.59 Å². The number of carboxylic acid groups (broad SMARTS) is 1. The molecule has 110 valence electrons. The number of benzene rings is 1. The number of aliphatic carboxylic acids is 1. The van der Waals surface area contributed by atoms with Crippen LogP contribution in [0.3, 0.4) is 0 Å². The van der Waals surface area contributed by atoms with Crippen molar-refractivity contribution in [3.05, 3.63) is 43.0 Å². The summed E-state index contributed by atoms with van der Waals surface area (Å²) in [5.41, 5.74) is 1.63. The number of hydrogen-bond acceptors (Lipinski definition) is 3. The maximum atomic E-state index is 11.8. The van der Waals surface area contributed by atoms with Gasteiger partial charge in [-0.05, 0) is 31.0 Å². The second-order valence-corrected chi connectivity index (χ2v) is 4.67. The molecule has 0 saturated heterocycles. The number of carboxylic acids is 1. The smallest absolute Gasteiger partial charge is 0.303 e. The van der Waals surface area contributed by atoms with Gasteiger partial charge in [0, 0.05) is 36.6 Å². The summed E-state index contributed by atoms with van der Waals surface area (Å²) in [6.45, 7) is 0. The highest BCUT2D eigenvalue weighted by Gasteiger charge is 2.05. The highest BCUT2D eigenvalue weighted by molar-refractivity contribution is 5.90. The summed E-state index contributed by atoms with van der Waals surface area (Å²) in [7, 11) is 0. The topological polar surface area (TPSA) is 84.2 Å². The SMILES string of the molecule is O=C(O)CCCCC(=O)Nc1cccc(-n2ccnc2)c1. The van der Waals surface area contributed by atoms with Gasteiger partial charge in [0.15, 0.2) is 0 Å². The van der Waals surface area contributed by atoms with E-state index in [4.69, 9.17) is 5.11 Å². The lowest BCUT2D eigenvalue weighted by molar-refractivity contribution is -0.137. The molecule has 2 rings (SSSR count). The van der Waals surface area contributed by atoms with Crippen LogP contribution >= 0.6 is 0 Å². The molecule has 0 bridgehead atoms. The van der Waals surface area contributed by atoms with Crippen molar-refractivity contribution in [2.45, 2.75) is 25.7 Å². The molecule has 1 heterocycles. The lowest BCUT2D eigenvalue weighted by Crippen LogP contribution is -2.11. The largest absolute Gasteiger partial charge is 0.481 e. The molecular formula is C15H17N3O3. The van der Waals surface area contributed by atoms with Crippen molar-refractivity contribution in [1.29, 1.82) is 0 Å². The van der Waals surface area contributed by atoms with Gasteiger partial charge in [0.2, 0.25) is 5.91 Å². The number of rotatable bonds is 7. The molecule has 0 fully saturated rings. The maximum Gasteiger partial charge on any atom is 0.303 e. The molecule has 2 aromatic rings. The van der Waals surface area contributed by atoms with Crippen LogP contribution < -0.4 is 5.32 Å². The van der Waals surface area contributed by atoms with Crippen molar-refractivity contribution in [3.8, 4) is 5.69 Å². The monoisotopic (exact) mass is 287 g/mol. The number of imidazole rings is 1. The summed E-state index contributed by atoms with van der Waals surface area (Å²) in [5.74, 6) is -0.938. The zero-order chi connectivity index (χ0) is 15.1. The molecule has 6 heteroatoms. The van der Waals surface area contributed by atoms with Crippen LogP contribution in [0.15, 0.2) is 43.0 Å². The quantitative estimate of drug-likeness (QED) is 0.766. The molecule has 21 heavy (non-hydrogen) atoms. The number of amides is 1. The van der Waals surface area contributed by atoms with Crippen molar-refractivity contribution in [3.63, 3.8) is 0 Å². The van der Waals surface area contributed by atoms with Crippen LogP contribution in [0.1, 0.15) is 25.7 Å². The molecule has 1 aromatic heterocycles. The highest BCUT2D eigenvalue weighted by Crippen LogP contribution is 2.15. The number of nitrogens with one attached hydrogen (secondary N) is 1. The fourth-order valence-corrected chi connectivity index (χ4v) is 1.94. The fraction of sp³-hybridized carbons (Fsp3) is 0.267. The third-order valence-electron chi connectivity index (χ3n) is 2.98. The van der Waals surface area contributed by atoms with Gasteiger partial charge in [0.25, 0.3) is 0 Å². The second kappa shape index (κ2) is 7.23. The number of carbonyl (C=O) groups excluding carboxylic acids is 1. The third-order valence-corrected chi connectivity index (χ3v) is 2.98. The Balaban J connectivity index is 1.86. The van der Waals surface area contributed by atoms with E-state index in [1.165, 1.54) is 0 Å². The molecule has 0 aliphatic carbocycles. The van der Waals surface area contributed by atoms with Gasteiger partial charge in [0.1, 0.15) is 0 Å². The van der Waals surface area contributed by atoms with Gasteiger partial charge in [0.05, 0.1) is 6.33 Å². The number of carbonyl (C=O) groups is 2. The van der Waals surface area contributed by atoms with E-state index in [1.807, 2.05) is 35.0 Å². The van der Waals surface area contributed by atoms with Crippen molar-refractivity contribution in [1.82, 2.24) is 9.55 Å². The Kier molecular flexibility index (Phi) is 5.09. The van der Waals surface area contributed by atoms with E-state index in [0.29, 0.717) is 24.9 Å². The van der Waals surface area contributed by atoms with E-state index in [1.54, 1.807) is 12.5 Å². The average molecular weight is 287 g/mol. The van der Waals surface area contributed by atoms with E-state index in [0.717, 1.165) is 5.69 Å². The Labute approximate surface area is 122 Å². The minimum Gasteiger partial charge on any atom is -0.481 e. The van der Waals surface area contributed by atoms with E-state index < -0.39 is 5.97 Å². The van der Waals surface area contributed by atoms with Crippen LogP contribution in [0.5, 0.6) is 0 Å². The Hall–Kier alpha value is -2.63. The number of nitrogens with zero attached hydrogens (tertiary/aromatic N) is 2. The van der Waals surface area contributed by atoms with Crippen LogP contribution in [0.4, 0.5) is 5.69 Å². The normalized spacial score (nSPS) is 10.3. The average Bonchev–Trinajstić information content (AvgIpc) is 2.98. The van der Waals surface area contributed by atoms with Crippen molar-refractivity contribution in [2.24, 2.45) is 0 Å². The molecule has 0 aliphatic heterocycles. The first-order chi connectivity index (χ1) is 10.1. The standard InChI is InChI=1S/C15H17N3O3/c19-14(6-1-2-7-15(20)21)17-12-4-3-5-13(10-12)18-9-8-16-11-18/h3-5,8-11H,1-2,6-7H2,(H,17,19)(H,20,21). The number of hydrogen-bond donors (Lipinski definition) is 2. The molecule has 0 unspecified atom stereocenters. The summed E-state index contributed by atoms with van der Waals surface area (Å²) in [6, 6.07) is 7.45. The van der Waals surface area contributed by atoms with Crippen LogP contribution in [-0.4, -0.2) is 26.5 Å². The zero-order valence-electron chi connectivity index (χ0n) is 11.5. The third kappa shape index (κ3) is 4.76. The lowest BCUT2D eigenvalue weighted by Gasteiger charge is -2.08. The van der Waals surface area contributed by atoms with Gasteiger partial charge >= 0.3 is 5.97 Å². The summed E-state index contributed by atoms with van der Waals surface area (Å²) >= 11 is 0. The van der Waals surface area contributed by atoms with Crippen molar-refractivity contribution >= 4 is 17.6 Å². The van der Waals surface area contributed by atoms with Gasteiger partial charge in [-0.15, -0.1) is 0 Å². The first-order valence-electron chi connectivity index (χ1n) is 6.75. The van der Waals surface area contributed by atoms with E-state index in [-0.39, 0.29) is 12.3 Å². The zero-order valence-corrected chi connectivity index (χ0v) is 11.5. The fourth-order valence-electron chi connectivity index (χ4n) is 1.94. The molecule has 0 spiro atoms. The van der Waals surface area contributed by atoms with Crippen molar-refractivity contribution < 1.29 is 14.7 Å². The molecule has 6 nitrogen and oxygen atoms in total. The van der Waals surface area contributed by atoms with Crippen LogP contribution in [0, 0.1) is 0 Å². The molecule has 2 N–H and O–H groups in total. The highest BCUT2D eigenvalue weighted by atomic mass is 16.4. The number of aromatic nitrogens is 2. The van der Waals surface area contributed by atoms with Gasteiger partial charge in [-0.2, -0.15) is 0 Å².